The molecule has 0 bridgehead atoms. The highest BCUT2D eigenvalue weighted by Gasteiger charge is 2.11. The number of benzene rings is 2. The van der Waals surface area contributed by atoms with Crippen LogP contribution in [0.25, 0.3) is 0 Å². The average Bonchev–Trinajstić information content (AvgIpc) is 2.50. The minimum atomic E-state index is -0.170. The highest BCUT2D eigenvalue weighted by molar-refractivity contribution is 6.05. The predicted molar refractivity (Wildman–Crippen MR) is 85.8 cm³/mol. The standard InChI is InChI=1S/C17H20N2O2/c1-3-6-12-7-4-5-8-15(12)19-17(20)13-9-10-14(18)16(11-13)21-2/h4-5,7-11H,3,6,18H2,1-2H3,(H,19,20). The van der Waals surface area contributed by atoms with Crippen molar-refractivity contribution in [2.75, 3.05) is 18.2 Å². The zero-order valence-corrected chi connectivity index (χ0v) is 12.3. The van der Waals surface area contributed by atoms with E-state index in [1.807, 2.05) is 24.3 Å². The first-order valence-corrected chi connectivity index (χ1v) is 6.98. The second kappa shape index (κ2) is 6.79. The summed E-state index contributed by atoms with van der Waals surface area (Å²) in [5, 5.41) is 2.95. The monoisotopic (exact) mass is 284 g/mol. The molecule has 0 saturated heterocycles. The number of nitrogen functional groups attached to an aromatic ring is 1. The molecule has 0 radical (unpaired) electrons. The SMILES string of the molecule is CCCc1ccccc1NC(=O)c1ccc(N)c(OC)c1. The van der Waals surface area contributed by atoms with Crippen LogP contribution in [0.3, 0.4) is 0 Å². The van der Waals surface area contributed by atoms with E-state index in [0.29, 0.717) is 17.0 Å². The fourth-order valence-corrected chi connectivity index (χ4v) is 2.18. The van der Waals surface area contributed by atoms with Crippen molar-refractivity contribution in [3.63, 3.8) is 0 Å². The number of anilines is 2. The van der Waals surface area contributed by atoms with Crippen LogP contribution >= 0.6 is 0 Å². The normalized spacial score (nSPS) is 10.2. The van der Waals surface area contributed by atoms with Crippen LogP contribution in [0.1, 0.15) is 29.3 Å². The summed E-state index contributed by atoms with van der Waals surface area (Å²) in [5.41, 5.74) is 8.78. The number of hydrogen-bond donors (Lipinski definition) is 2. The molecule has 0 unspecified atom stereocenters. The van der Waals surface area contributed by atoms with Crippen molar-refractivity contribution in [1.82, 2.24) is 0 Å². The molecule has 2 aromatic carbocycles. The zero-order valence-electron chi connectivity index (χ0n) is 12.3. The summed E-state index contributed by atoms with van der Waals surface area (Å²) in [5.74, 6) is 0.335. The van der Waals surface area contributed by atoms with Gasteiger partial charge in [-0.15, -0.1) is 0 Å². The molecule has 0 spiro atoms. The van der Waals surface area contributed by atoms with Crippen molar-refractivity contribution in [2.24, 2.45) is 0 Å². The van der Waals surface area contributed by atoms with Gasteiger partial charge >= 0.3 is 0 Å². The minimum Gasteiger partial charge on any atom is -0.495 e. The lowest BCUT2D eigenvalue weighted by atomic mass is 10.1. The molecule has 110 valence electrons. The van der Waals surface area contributed by atoms with Gasteiger partial charge in [0, 0.05) is 11.3 Å². The zero-order chi connectivity index (χ0) is 15.2. The lowest BCUT2D eigenvalue weighted by Crippen LogP contribution is -2.13. The fourth-order valence-electron chi connectivity index (χ4n) is 2.18. The van der Waals surface area contributed by atoms with E-state index >= 15 is 0 Å². The quantitative estimate of drug-likeness (QED) is 0.826. The van der Waals surface area contributed by atoms with E-state index in [1.165, 1.54) is 7.11 Å². The van der Waals surface area contributed by atoms with E-state index < -0.39 is 0 Å². The number of methoxy groups -OCH3 is 1. The number of carbonyl (C=O) groups excluding carboxylic acids is 1. The highest BCUT2D eigenvalue weighted by Crippen LogP contribution is 2.23. The molecule has 0 saturated carbocycles. The lowest BCUT2D eigenvalue weighted by Gasteiger charge is -2.11. The van der Waals surface area contributed by atoms with Crippen LogP contribution < -0.4 is 15.8 Å². The second-order valence-corrected chi connectivity index (χ2v) is 4.82. The highest BCUT2D eigenvalue weighted by atomic mass is 16.5. The molecule has 21 heavy (non-hydrogen) atoms. The maximum atomic E-state index is 12.3. The molecule has 0 aliphatic heterocycles. The van der Waals surface area contributed by atoms with Crippen molar-refractivity contribution < 1.29 is 9.53 Å². The van der Waals surface area contributed by atoms with Crippen molar-refractivity contribution in [1.29, 1.82) is 0 Å². The van der Waals surface area contributed by atoms with Crippen LogP contribution in [0, 0.1) is 0 Å². The van der Waals surface area contributed by atoms with Gasteiger partial charge in [-0.25, -0.2) is 0 Å². The van der Waals surface area contributed by atoms with E-state index in [0.717, 1.165) is 24.1 Å². The third-order valence-corrected chi connectivity index (χ3v) is 3.28. The van der Waals surface area contributed by atoms with Gasteiger partial charge in [-0.3, -0.25) is 4.79 Å². The third kappa shape index (κ3) is 3.54. The number of hydrogen-bond acceptors (Lipinski definition) is 3. The molecule has 4 nitrogen and oxygen atoms in total. The summed E-state index contributed by atoms with van der Waals surface area (Å²) in [6, 6.07) is 12.8. The Bertz CT molecular complexity index is 638. The van der Waals surface area contributed by atoms with Gasteiger partial charge in [-0.1, -0.05) is 31.5 Å². The fraction of sp³-hybridized carbons (Fsp3) is 0.235. The van der Waals surface area contributed by atoms with Crippen molar-refractivity contribution >= 4 is 17.3 Å². The Balaban J connectivity index is 2.22. The summed E-state index contributed by atoms with van der Waals surface area (Å²) in [6.07, 6.45) is 1.96. The van der Waals surface area contributed by atoms with Gasteiger partial charge in [0.05, 0.1) is 12.8 Å². The van der Waals surface area contributed by atoms with Gasteiger partial charge < -0.3 is 15.8 Å². The average molecular weight is 284 g/mol. The van der Waals surface area contributed by atoms with Crippen LogP contribution in [-0.4, -0.2) is 13.0 Å². The summed E-state index contributed by atoms with van der Waals surface area (Å²) in [7, 11) is 1.53. The molecule has 1 amide bonds. The van der Waals surface area contributed by atoms with Crippen LogP contribution in [0.4, 0.5) is 11.4 Å². The first kappa shape index (κ1) is 14.9. The minimum absolute atomic E-state index is 0.170. The molecular formula is C17H20N2O2. The van der Waals surface area contributed by atoms with Crippen LogP contribution in [0.5, 0.6) is 5.75 Å². The van der Waals surface area contributed by atoms with E-state index in [1.54, 1.807) is 18.2 Å². The first-order chi connectivity index (χ1) is 10.2. The number of amides is 1. The van der Waals surface area contributed by atoms with Crippen molar-refractivity contribution in [3.8, 4) is 5.75 Å². The first-order valence-electron chi connectivity index (χ1n) is 6.98. The molecular weight excluding hydrogens is 264 g/mol. The number of nitrogens with one attached hydrogen (secondary N) is 1. The van der Waals surface area contributed by atoms with Gasteiger partial charge in [-0.05, 0) is 36.2 Å². The Labute approximate surface area is 124 Å². The molecule has 2 rings (SSSR count). The molecule has 2 aromatic rings. The number of carbonyl (C=O) groups is 1. The van der Waals surface area contributed by atoms with Gasteiger partial charge in [0.1, 0.15) is 5.75 Å². The number of rotatable bonds is 5. The summed E-state index contributed by atoms with van der Waals surface area (Å²) in [6.45, 7) is 2.11. The predicted octanol–water partition coefficient (Wildman–Crippen LogP) is 3.48. The molecule has 0 fully saturated rings. The Morgan fingerprint density at radius 2 is 2.00 bits per heavy atom. The molecule has 0 aliphatic rings. The van der Waals surface area contributed by atoms with Gasteiger partial charge in [-0.2, -0.15) is 0 Å². The Morgan fingerprint density at radius 3 is 2.71 bits per heavy atom. The van der Waals surface area contributed by atoms with Gasteiger partial charge in [0.2, 0.25) is 0 Å². The van der Waals surface area contributed by atoms with Crippen molar-refractivity contribution in [2.45, 2.75) is 19.8 Å². The summed E-state index contributed by atoms with van der Waals surface area (Å²) < 4.78 is 5.14. The van der Waals surface area contributed by atoms with Gasteiger partial charge in [0.15, 0.2) is 0 Å². The molecule has 0 aromatic heterocycles. The maximum Gasteiger partial charge on any atom is 0.255 e. The van der Waals surface area contributed by atoms with E-state index in [2.05, 4.69) is 12.2 Å². The molecule has 0 heterocycles. The van der Waals surface area contributed by atoms with Crippen LogP contribution in [0.2, 0.25) is 0 Å². The summed E-state index contributed by atoms with van der Waals surface area (Å²) in [4.78, 5) is 12.3. The van der Waals surface area contributed by atoms with E-state index in [-0.39, 0.29) is 5.91 Å². The number of nitrogens with two attached hydrogens (primary N) is 1. The maximum absolute atomic E-state index is 12.3. The van der Waals surface area contributed by atoms with E-state index in [4.69, 9.17) is 10.5 Å². The molecule has 3 N–H and O–H groups in total. The number of para-hydroxylation sites is 1. The van der Waals surface area contributed by atoms with Crippen molar-refractivity contribution in [3.05, 3.63) is 53.6 Å². The largest absolute Gasteiger partial charge is 0.495 e. The Kier molecular flexibility index (Phi) is 4.82. The molecule has 4 heteroatoms. The third-order valence-electron chi connectivity index (χ3n) is 3.28. The Hall–Kier alpha value is -2.49. The molecule has 0 aliphatic carbocycles. The summed E-state index contributed by atoms with van der Waals surface area (Å²) >= 11 is 0. The molecule has 0 atom stereocenters. The van der Waals surface area contributed by atoms with Crippen LogP contribution in [0.15, 0.2) is 42.5 Å². The number of ether oxygens (including phenoxy) is 1. The Morgan fingerprint density at radius 1 is 1.24 bits per heavy atom. The second-order valence-electron chi connectivity index (χ2n) is 4.82. The topological polar surface area (TPSA) is 64.4 Å². The number of aryl methyl sites for hydroxylation is 1. The van der Waals surface area contributed by atoms with Crippen LogP contribution in [-0.2, 0) is 6.42 Å². The lowest BCUT2D eigenvalue weighted by molar-refractivity contribution is 0.102. The van der Waals surface area contributed by atoms with E-state index in [9.17, 15) is 4.79 Å². The smallest absolute Gasteiger partial charge is 0.255 e. The van der Waals surface area contributed by atoms with Gasteiger partial charge in [0.25, 0.3) is 5.91 Å².